The minimum Gasteiger partial charge on any atom is -0.490 e. The zero-order valence-corrected chi connectivity index (χ0v) is 19.1. The van der Waals surface area contributed by atoms with Crippen molar-refractivity contribution in [2.75, 3.05) is 11.9 Å². The van der Waals surface area contributed by atoms with Gasteiger partial charge < -0.3 is 14.8 Å². The molecule has 168 valence electrons. The molecular formula is C25H19Cl2FN2O3. The Morgan fingerprint density at radius 2 is 1.76 bits per heavy atom. The van der Waals surface area contributed by atoms with E-state index in [0.29, 0.717) is 45.0 Å². The number of rotatable bonds is 8. The second-order valence-corrected chi connectivity index (χ2v) is 7.57. The molecule has 0 atom stereocenters. The Morgan fingerprint density at radius 1 is 1.06 bits per heavy atom. The second-order valence-electron chi connectivity index (χ2n) is 6.76. The molecular weight excluding hydrogens is 466 g/mol. The van der Waals surface area contributed by atoms with Crippen LogP contribution in [0.2, 0.25) is 10.0 Å². The fourth-order valence-electron chi connectivity index (χ4n) is 2.87. The SMILES string of the molecule is CCOc1cc(/C=C(/C#N)C(=O)Nc2ccc(F)cc2)ccc1OCc1c(Cl)cccc1Cl. The fraction of sp³-hybridized carbons (Fsp3) is 0.120. The van der Waals surface area contributed by atoms with E-state index < -0.39 is 11.7 Å². The molecule has 0 aliphatic heterocycles. The number of hydrogen-bond acceptors (Lipinski definition) is 4. The average Bonchev–Trinajstić information content (AvgIpc) is 2.80. The second kappa shape index (κ2) is 11.4. The number of anilines is 1. The molecule has 8 heteroatoms. The van der Waals surface area contributed by atoms with Crippen molar-refractivity contribution in [1.29, 1.82) is 5.26 Å². The van der Waals surface area contributed by atoms with Crippen molar-refractivity contribution in [2.24, 2.45) is 0 Å². The highest BCUT2D eigenvalue weighted by molar-refractivity contribution is 6.35. The van der Waals surface area contributed by atoms with Crippen LogP contribution in [-0.2, 0) is 11.4 Å². The summed E-state index contributed by atoms with van der Waals surface area (Å²) < 4.78 is 24.6. The summed E-state index contributed by atoms with van der Waals surface area (Å²) >= 11 is 12.4. The summed E-state index contributed by atoms with van der Waals surface area (Å²) in [4.78, 5) is 12.5. The maximum Gasteiger partial charge on any atom is 0.266 e. The molecule has 0 aliphatic rings. The molecule has 0 heterocycles. The molecule has 3 aromatic carbocycles. The van der Waals surface area contributed by atoms with E-state index in [4.69, 9.17) is 32.7 Å². The number of ether oxygens (including phenoxy) is 2. The molecule has 3 rings (SSSR count). The predicted octanol–water partition coefficient (Wildman–Crippen LogP) is 6.66. The van der Waals surface area contributed by atoms with Gasteiger partial charge in [-0.1, -0.05) is 35.3 Å². The van der Waals surface area contributed by atoms with Crippen LogP contribution in [0.4, 0.5) is 10.1 Å². The van der Waals surface area contributed by atoms with Crippen molar-refractivity contribution in [3.05, 3.63) is 93.2 Å². The third kappa shape index (κ3) is 6.48. The van der Waals surface area contributed by atoms with Gasteiger partial charge in [0.1, 0.15) is 24.1 Å². The van der Waals surface area contributed by atoms with Crippen LogP contribution in [0.3, 0.4) is 0 Å². The molecule has 5 nitrogen and oxygen atoms in total. The summed E-state index contributed by atoms with van der Waals surface area (Å²) in [5.74, 6) is -0.146. The van der Waals surface area contributed by atoms with Crippen LogP contribution < -0.4 is 14.8 Å². The highest BCUT2D eigenvalue weighted by Gasteiger charge is 2.13. The van der Waals surface area contributed by atoms with Crippen molar-refractivity contribution >= 4 is 40.9 Å². The Bertz CT molecular complexity index is 1200. The Hall–Kier alpha value is -3.53. The van der Waals surface area contributed by atoms with E-state index in [-0.39, 0.29) is 12.2 Å². The predicted molar refractivity (Wildman–Crippen MR) is 127 cm³/mol. The van der Waals surface area contributed by atoms with Gasteiger partial charge in [0.2, 0.25) is 0 Å². The maximum absolute atomic E-state index is 13.0. The largest absolute Gasteiger partial charge is 0.490 e. The first kappa shape index (κ1) is 24.1. The topological polar surface area (TPSA) is 71.3 Å². The van der Waals surface area contributed by atoms with Crippen LogP contribution in [0, 0.1) is 17.1 Å². The Labute approximate surface area is 201 Å². The third-order valence-corrected chi connectivity index (χ3v) is 5.19. The quantitative estimate of drug-likeness (QED) is 0.286. The standard InChI is InChI=1S/C25H19Cl2FN2O3/c1-2-32-24-13-16(6-11-23(24)33-15-20-21(26)4-3-5-22(20)27)12-17(14-29)25(31)30-19-9-7-18(28)8-10-19/h3-13H,2,15H2,1H3,(H,30,31)/b17-12-. The van der Waals surface area contributed by atoms with Crippen molar-refractivity contribution in [2.45, 2.75) is 13.5 Å². The minimum absolute atomic E-state index is 0.127. The number of carbonyl (C=O) groups is 1. The molecule has 0 saturated heterocycles. The molecule has 0 saturated carbocycles. The number of nitrogens with one attached hydrogen (secondary N) is 1. The van der Waals surface area contributed by atoms with Gasteiger partial charge in [-0.05, 0) is 67.1 Å². The molecule has 0 spiro atoms. The molecule has 0 aliphatic carbocycles. The Morgan fingerprint density at radius 3 is 2.39 bits per heavy atom. The first-order valence-corrected chi connectivity index (χ1v) is 10.7. The molecule has 3 aromatic rings. The lowest BCUT2D eigenvalue weighted by atomic mass is 10.1. The van der Waals surface area contributed by atoms with E-state index in [0.717, 1.165) is 0 Å². The van der Waals surface area contributed by atoms with Crippen LogP contribution in [0.5, 0.6) is 11.5 Å². The highest BCUT2D eigenvalue weighted by atomic mass is 35.5. The molecule has 33 heavy (non-hydrogen) atoms. The van der Waals surface area contributed by atoms with Gasteiger partial charge >= 0.3 is 0 Å². The summed E-state index contributed by atoms with van der Waals surface area (Å²) in [7, 11) is 0. The number of carbonyl (C=O) groups excluding carboxylic acids is 1. The van der Waals surface area contributed by atoms with Gasteiger partial charge in [0.05, 0.1) is 6.61 Å². The molecule has 0 aromatic heterocycles. The van der Waals surface area contributed by atoms with E-state index in [9.17, 15) is 14.4 Å². The number of nitrogens with zero attached hydrogens (tertiary/aromatic N) is 1. The normalized spacial score (nSPS) is 10.9. The first-order chi connectivity index (χ1) is 15.9. The van der Waals surface area contributed by atoms with Gasteiger partial charge in [0.15, 0.2) is 11.5 Å². The maximum atomic E-state index is 13.0. The third-order valence-electron chi connectivity index (χ3n) is 4.48. The van der Waals surface area contributed by atoms with E-state index in [1.54, 1.807) is 36.4 Å². The Kier molecular flexibility index (Phi) is 8.31. The van der Waals surface area contributed by atoms with E-state index in [1.807, 2.05) is 13.0 Å². The molecule has 0 unspecified atom stereocenters. The number of amides is 1. The van der Waals surface area contributed by atoms with Gasteiger partial charge in [-0.2, -0.15) is 5.26 Å². The lowest BCUT2D eigenvalue weighted by molar-refractivity contribution is -0.112. The van der Waals surface area contributed by atoms with Gasteiger partial charge in [0.25, 0.3) is 5.91 Å². The van der Waals surface area contributed by atoms with Crippen LogP contribution in [0.15, 0.2) is 66.2 Å². The number of halogens is 3. The van der Waals surface area contributed by atoms with Gasteiger partial charge in [0, 0.05) is 21.3 Å². The van der Waals surface area contributed by atoms with Crippen molar-refractivity contribution in [3.8, 4) is 17.6 Å². The first-order valence-electron chi connectivity index (χ1n) is 9.92. The van der Waals surface area contributed by atoms with E-state index >= 15 is 0 Å². The van der Waals surface area contributed by atoms with Gasteiger partial charge in [-0.15, -0.1) is 0 Å². The zero-order valence-electron chi connectivity index (χ0n) is 17.6. The molecule has 0 bridgehead atoms. The zero-order chi connectivity index (χ0) is 23.8. The smallest absolute Gasteiger partial charge is 0.266 e. The lowest BCUT2D eigenvalue weighted by Gasteiger charge is -2.14. The Balaban J connectivity index is 1.80. The molecule has 1 amide bonds. The summed E-state index contributed by atoms with van der Waals surface area (Å²) in [6, 6.07) is 17.4. The van der Waals surface area contributed by atoms with Gasteiger partial charge in [-0.3, -0.25) is 4.79 Å². The fourth-order valence-corrected chi connectivity index (χ4v) is 3.38. The van der Waals surface area contributed by atoms with Crippen molar-refractivity contribution in [1.82, 2.24) is 0 Å². The number of nitriles is 1. The molecule has 0 radical (unpaired) electrons. The summed E-state index contributed by atoms with van der Waals surface area (Å²) in [6.07, 6.45) is 1.43. The van der Waals surface area contributed by atoms with Crippen LogP contribution in [-0.4, -0.2) is 12.5 Å². The summed E-state index contributed by atoms with van der Waals surface area (Å²) in [5.41, 5.74) is 1.46. The summed E-state index contributed by atoms with van der Waals surface area (Å²) in [6.45, 7) is 2.35. The summed E-state index contributed by atoms with van der Waals surface area (Å²) in [5, 5.41) is 13.0. The highest BCUT2D eigenvalue weighted by Crippen LogP contribution is 2.32. The molecule has 0 fully saturated rings. The molecule has 1 N–H and O–H groups in total. The van der Waals surface area contributed by atoms with Gasteiger partial charge in [-0.25, -0.2) is 4.39 Å². The monoisotopic (exact) mass is 484 g/mol. The van der Waals surface area contributed by atoms with Crippen LogP contribution in [0.25, 0.3) is 6.08 Å². The van der Waals surface area contributed by atoms with E-state index in [1.165, 1.54) is 30.3 Å². The van der Waals surface area contributed by atoms with Crippen molar-refractivity contribution < 1.29 is 18.7 Å². The van der Waals surface area contributed by atoms with Crippen LogP contribution in [0.1, 0.15) is 18.1 Å². The lowest BCUT2D eigenvalue weighted by Crippen LogP contribution is -2.13. The minimum atomic E-state index is -0.615. The number of hydrogen-bond donors (Lipinski definition) is 1. The average molecular weight is 485 g/mol. The van der Waals surface area contributed by atoms with Crippen molar-refractivity contribution in [3.63, 3.8) is 0 Å². The van der Waals surface area contributed by atoms with Crippen LogP contribution >= 0.6 is 23.2 Å². The number of benzene rings is 3. The van der Waals surface area contributed by atoms with E-state index in [2.05, 4.69) is 5.32 Å².